The van der Waals surface area contributed by atoms with Crippen molar-refractivity contribution in [2.24, 2.45) is 5.41 Å². The lowest BCUT2D eigenvalue weighted by Crippen LogP contribution is -2.49. The van der Waals surface area contributed by atoms with Crippen LogP contribution in [-0.2, 0) is 0 Å². The van der Waals surface area contributed by atoms with E-state index in [1.54, 1.807) is 0 Å². The highest BCUT2D eigenvalue weighted by molar-refractivity contribution is 4.84. The van der Waals surface area contributed by atoms with Gasteiger partial charge in [-0.15, -0.1) is 0 Å². The summed E-state index contributed by atoms with van der Waals surface area (Å²) in [5.74, 6) is 0. The fourth-order valence-electron chi connectivity index (χ4n) is 2.34. The molecule has 0 saturated heterocycles. The van der Waals surface area contributed by atoms with E-state index in [1.165, 1.54) is 38.8 Å². The fourth-order valence-corrected chi connectivity index (χ4v) is 2.34. The van der Waals surface area contributed by atoms with Crippen molar-refractivity contribution in [2.75, 3.05) is 19.6 Å². The summed E-state index contributed by atoms with van der Waals surface area (Å²) in [7, 11) is 0. The zero-order valence-corrected chi connectivity index (χ0v) is 15.5. The minimum absolute atomic E-state index is 0.209. The third-order valence-corrected chi connectivity index (χ3v) is 4.50. The van der Waals surface area contributed by atoms with E-state index in [9.17, 15) is 0 Å². The minimum atomic E-state index is 0.209. The highest BCUT2D eigenvalue weighted by atomic mass is 15.2. The predicted molar refractivity (Wildman–Crippen MR) is 92.4 cm³/mol. The maximum Gasteiger partial charge on any atom is 0.00967 e. The molecule has 0 aromatic carbocycles. The first-order valence-electron chi connectivity index (χ1n) is 8.66. The van der Waals surface area contributed by atoms with E-state index in [0.717, 1.165) is 6.54 Å². The second-order valence-corrected chi connectivity index (χ2v) is 7.85. The molecular formula is C18H40N2. The van der Waals surface area contributed by atoms with Crippen molar-refractivity contribution in [2.45, 2.75) is 92.7 Å². The molecule has 0 aliphatic heterocycles. The summed E-state index contributed by atoms with van der Waals surface area (Å²) in [6.07, 6.45) is 5.08. The van der Waals surface area contributed by atoms with Crippen LogP contribution >= 0.6 is 0 Å². The molecule has 0 aromatic heterocycles. The van der Waals surface area contributed by atoms with E-state index in [1.807, 2.05) is 0 Å². The van der Waals surface area contributed by atoms with Gasteiger partial charge in [0.15, 0.2) is 0 Å². The first-order chi connectivity index (χ1) is 9.17. The topological polar surface area (TPSA) is 15.3 Å². The molecule has 122 valence electrons. The largest absolute Gasteiger partial charge is 0.311 e. The van der Waals surface area contributed by atoms with Crippen molar-refractivity contribution in [3.05, 3.63) is 0 Å². The Balaban J connectivity index is 4.66. The third-order valence-electron chi connectivity index (χ3n) is 4.50. The summed E-state index contributed by atoms with van der Waals surface area (Å²) in [6.45, 7) is 22.1. The number of nitrogens with zero attached hydrogens (tertiary/aromatic N) is 1. The molecule has 2 atom stereocenters. The zero-order chi connectivity index (χ0) is 15.8. The van der Waals surface area contributed by atoms with E-state index < -0.39 is 0 Å². The lowest BCUT2D eigenvalue weighted by atomic mass is 9.85. The van der Waals surface area contributed by atoms with Gasteiger partial charge < -0.3 is 10.2 Å². The maximum atomic E-state index is 3.71. The smallest absolute Gasteiger partial charge is 0.00967 e. The van der Waals surface area contributed by atoms with E-state index in [2.05, 4.69) is 65.6 Å². The number of rotatable bonds is 10. The van der Waals surface area contributed by atoms with Crippen LogP contribution in [0.15, 0.2) is 0 Å². The number of hydrogen-bond acceptors (Lipinski definition) is 2. The van der Waals surface area contributed by atoms with Crippen LogP contribution in [0.2, 0.25) is 0 Å². The monoisotopic (exact) mass is 284 g/mol. The van der Waals surface area contributed by atoms with Crippen LogP contribution in [0, 0.1) is 5.41 Å². The SMILES string of the molecule is CCCCN(CC(C)(CC)CNC(C)(C)C)C(C)CC. The number of nitrogens with one attached hydrogen (secondary N) is 1. The quantitative estimate of drug-likeness (QED) is 0.626. The van der Waals surface area contributed by atoms with Crippen LogP contribution in [-0.4, -0.2) is 36.1 Å². The Kier molecular flexibility index (Phi) is 9.01. The Morgan fingerprint density at radius 3 is 2.05 bits per heavy atom. The Labute approximate surface area is 128 Å². The Morgan fingerprint density at radius 1 is 1.05 bits per heavy atom. The molecule has 0 bridgehead atoms. The van der Waals surface area contributed by atoms with Crippen LogP contribution in [0.1, 0.15) is 81.1 Å². The van der Waals surface area contributed by atoms with E-state index in [4.69, 9.17) is 0 Å². The van der Waals surface area contributed by atoms with E-state index >= 15 is 0 Å². The van der Waals surface area contributed by atoms with Gasteiger partial charge in [0.1, 0.15) is 0 Å². The summed E-state index contributed by atoms with van der Waals surface area (Å²) >= 11 is 0. The first-order valence-corrected chi connectivity index (χ1v) is 8.66. The van der Waals surface area contributed by atoms with Crippen LogP contribution < -0.4 is 5.32 Å². The van der Waals surface area contributed by atoms with Crippen molar-refractivity contribution < 1.29 is 0 Å². The van der Waals surface area contributed by atoms with Crippen molar-refractivity contribution >= 4 is 0 Å². The second-order valence-electron chi connectivity index (χ2n) is 7.85. The number of hydrogen-bond donors (Lipinski definition) is 1. The highest BCUT2D eigenvalue weighted by Crippen LogP contribution is 2.24. The van der Waals surface area contributed by atoms with Gasteiger partial charge in [0.25, 0.3) is 0 Å². The average Bonchev–Trinajstić information content (AvgIpc) is 2.39. The Bertz CT molecular complexity index is 244. The Hall–Kier alpha value is -0.0800. The summed E-state index contributed by atoms with van der Waals surface area (Å²) in [5.41, 5.74) is 0.575. The van der Waals surface area contributed by atoms with Crippen LogP contribution in [0.4, 0.5) is 0 Å². The summed E-state index contributed by atoms with van der Waals surface area (Å²) in [6, 6.07) is 0.696. The van der Waals surface area contributed by atoms with Crippen molar-refractivity contribution in [1.29, 1.82) is 0 Å². The van der Waals surface area contributed by atoms with Crippen molar-refractivity contribution in [3.63, 3.8) is 0 Å². The van der Waals surface area contributed by atoms with E-state index in [0.29, 0.717) is 11.5 Å². The van der Waals surface area contributed by atoms with Gasteiger partial charge in [-0.2, -0.15) is 0 Å². The van der Waals surface area contributed by atoms with E-state index in [-0.39, 0.29) is 5.54 Å². The summed E-state index contributed by atoms with van der Waals surface area (Å²) in [4.78, 5) is 2.71. The maximum absolute atomic E-state index is 3.71. The number of unbranched alkanes of at least 4 members (excludes halogenated alkanes) is 1. The lowest BCUT2D eigenvalue weighted by Gasteiger charge is -2.39. The molecular weight excluding hydrogens is 244 g/mol. The van der Waals surface area contributed by atoms with Gasteiger partial charge in [-0.3, -0.25) is 0 Å². The molecule has 0 saturated carbocycles. The summed E-state index contributed by atoms with van der Waals surface area (Å²) < 4.78 is 0. The van der Waals surface area contributed by atoms with Crippen LogP contribution in [0.3, 0.4) is 0 Å². The standard InChI is InChI=1S/C18H40N2/c1-9-12-13-20(16(4)10-2)15-18(8,11-3)14-19-17(5,6)7/h16,19H,9-15H2,1-8H3. The molecule has 0 aromatic rings. The average molecular weight is 285 g/mol. The predicted octanol–water partition coefficient (Wildman–Crippen LogP) is 4.69. The molecule has 0 fully saturated rings. The van der Waals surface area contributed by atoms with Gasteiger partial charge >= 0.3 is 0 Å². The second kappa shape index (κ2) is 9.04. The molecule has 0 amide bonds. The lowest BCUT2D eigenvalue weighted by molar-refractivity contribution is 0.110. The molecule has 0 aliphatic carbocycles. The molecule has 0 spiro atoms. The van der Waals surface area contributed by atoms with Crippen molar-refractivity contribution in [3.8, 4) is 0 Å². The zero-order valence-electron chi connectivity index (χ0n) is 15.5. The van der Waals surface area contributed by atoms with Gasteiger partial charge in [-0.1, -0.05) is 34.1 Å². The minimum Gasteiger partial charge on any atom is -0.311 e. The molecule has 20 heavy (non-hydrogen) atoms. The summed E-state index contributed by atoms with van der Waals surface area (Å²) in [5, 5.41) is 3.71. The van der Waals surface area contributed by atoms with Gasteiger partial charge in [-0.05, 0) is 58.9 Å². The van der Waals surface area contributed by atoms with Gasteiger partial charge in [0.2, 0.25) is 0 Å². The first kappa shape index (κ1) is 19.9. The molecule has 2 unspecified atom stereocenters. The normalized spacial score (nSPS) is 17.2. The molecule has 0 heterocycles. The van der Waals surface area contributed by atoms with Crippen LogP contribution in [0.5, 0.6) is 0 Å². The molecule has 0 rings (SSSR count). The molecule has 2 heteroatoms. The fraction of sp³-hybridized carbons (Fsp3) is 1.00. The molecule has 2 nitrogen and oxygen atoms in total. The van der Waals surface area contributed by atoms with Gasteiger partial charge in [0.05, 0.1) is 0 Å². The third kappa shape index (κ3) is 8.26. The van der Waals surface area contributed by atoms with Gasteiger partial charge in [0, 0.05) is 24.7 Å². The van der Waals surface area contributed by atoms with Crippen LogP contribution in [0.25, 0.3) is 0 Å². The molecule has 1 N–H and O–H groups in total. The Morgan fingerprint density at radius 2 is 1.65 bits per heavy atom. The molecule has 0 radical (unpaired) electrons. The van der Waals surface area contributed by atoms with Crippen molar-refractivity contribution in [1.82, 2.24) is 10.2 Å². The highest BCUT2D eigenvalue weighted by Gasteiger charge is 2.28. The van der Waals surface area contributed by atoms with Gasteiger partial charge in [-0.25, -0.2) is 0 Å². The molecule has 0 aliphatic rings.